The van der Waals surface area contributed by atoms with Crippen molar-refractivity contribution in [2.75, 3.05) is 13.7 Å². The zero-order chi connectivity index (χ0) is 21.3. The molecule has 0 unspecified atom stereocenters. The Hall–Kier alpha value is -3.11. The van der Waals surface area contributed by atoms with Crippen molar-refractivity contribution in [2.45, 2.75) is 32.9 Å². The lowest BCUT2D eigenvalue weighted by atomic mass is 10.0. The van der Waals surface area contributed by atoms with Crippen molar-refractivity contribution in [3.05, 3.63) is 101 Å². The molecule has 0 aromatic heterocycles. The maximum absolute atomic E-state index is 11.1. The third-order valence-electron chi connectivity index (χ3n) is 5.10. The summed E-state index contributed by atoms with van der Waals surface area (Å²) in [5, 5.41) is 9.15. The van der Waals surface area contributed by atoms with E-state index in [2.05, 4.69) is 72.5 Å². The van der Waals surface area contributed by atoms with E-state index in [0.29, 0.717) is 6.54 Å². The predicted molar refractivity (Wildman–Crippen MR) is 120 cm³/mol. The molecular formula is C26H29NO3. The van der Waals surface area contributed by atoms with E-state index in [1.165, 1.54) is 27.8 Å². The minimum atomic E-state index is -0.766. The fourth-order valence-electron chi connectivity index (χ4n) is 3.61. The van der Waals surface area contributed by atoms with Gasteiger partial charge in [-0.2, -0.15) is 0 Å². The molecule has 0 saturated carbocycles. The first-order valence-corrected chi connectivity index (χ1v) is 10.2. The Kier molecular flexibility index (Phi) is 7.63. The van der Waals surface area contributed by atoms with E-state index in [1.54, 1.807) is 7.11 Å². The molecule has 1 N–H and O–H groups in total. The Morgan fingerprint density at radius 2 is 1.50 bits per heavy atom. The number of aliphatic carboxylic acids is 1. The van der Waals surface area contributed by atoms with Crippen LogP contribution in [0.5, 0.6) is 5.75 Å². The molecule has 0 aliphatic rings. The maximum atomic E-state index is 11.1. The van der Waals surface area contributed by atoms with Gasteiger partial charge in [0.25, 0.3) is 0 Å². The highest BCUT2D eigenvalue weighted by Crippen LogP contribution is 2.17. The molecule has 3 rings (SSSR count). The SMILES string of the molecule is COc1ccc(Cc2cccc(CN(CCC(=O)O)Cc3cccc(C)c3)c2)cc1. The van der Waals surface area contributed by atoms with E-state index in [4.69, 9.17) is 9.84 Å². The van der Waals surface area contributed by atoms with Crippen LogP contribution >= 0.6 is 0 Å². The van der Waals surface area contributed by atoms with Crippen molar-refractivity contribution in [2.24, 2.45) is 0 Å². The first kappa shape index (κ1) is 21.6. The predicted octanol–water partition coefficient (Wildman–Crippen LogP) is 5.07. The highest BCUT2D eigenvalue weighted by Gasteiger charge is 2.10. The van der Waals surface area contributed by atoms with E-state index in [9.17, 15) is 4.79 Å². The molecule has 0 heterocycles. The van der Waals surface area contributed by atoms with Gasteiger partial charge in [-0.15, -0.1) is 0 Å². The van der Waals surface area contributed by atoms with Crippen molar-refractivity contribution >= 4 is 5.97 Å². The molecule has 0 aliphatic heterocycles. The monoisotopic (exact) mass is 403 g/mol. The highest BCUT2D eigenvalue weighted by atomic mass is 16.5. The third kappa shape index (κ3) is 6.75. The summed E-state index contributed by atoms with van der Waals surface area (Å²) in [7, 11) is 1.67. The van der Waals surface area contributed by atoms with Crippen LogP contribution in [-0.4, -0.2) is 29.6 Å². The largest absolute Gasteiger partial charge is 0.497 e. The molecule has 0 radical (unpaired) electrons. The van der Waals surface area contributed by atoms with Gasteiger partial charge in [0, 0.05) is 19.6 Å². The second kappa shape index (κ2) is 10.6. The number of ether oxygens (including phenoxy) is 1. The van der Waals surface area contributed by atoms with Crippen LogP contribution in [0.25, 0.3) is 0 Å². The van der Waals surface area contributed by atoms with Gasteiger partial charge in [0.2, 0.25) is 0 Å². The van der Waals surface area contributed by atoms with Gasteiger partial charge in [0.15, 0.2) is 0 Å². The van der Waals surface area contributed by atoms with Crippen LogP contribution in [0.15, 0.2) is 72.8 Å². The van der Waals surface area contributed by atoms with Crippen molar-refractivity contribution < 1.29 is 14.6 Å². The molecule has 0 aliphatic carbocycles. The van der Waals surface area contributed by atoms with Crippen LogP contribution in [-0.2, 0) is 24.3 Å². The summed E-state index contributed by atoms with van der Waals surface area (Å²) in [6.45, 7) is 4.05. The molecule has 0 saturated heterocycles. The third-order valence-corrected chi connectivity index (χ3v) is 5.10. The van der Waals surface area contributed by atoms with Gasteiger partial charge in [-0.1, -0.05) is 66.2 Å². The summed E-state index contributed by atoms with van der Waals surface area (Å²) in [4.78, 5) is 13.3. The Balaban J connectivity index is 1.71. The molecule has 4 nitrogen and oxygen atoms in total. The van der Waals surface area contributed by atoms with Crippen LogP contribution in [0.2, 0.25) is 0 Å². The van der Waals surface area contributed by atoms with Crippen molar-refractivity contribution in [3.8, 4) is 5.75 Å². The topological polar surface area (TPSA) is 49.8 Å². The molecule has 0 amide bonds. The zero-order valence-corrected chi connectivity index (χ0v) is 17.7. The minimum absolute atomic E-state index is 0.136. The van der Waals surface area contributed by atoms with Crippen molar-refractivity contribution in [1.29, 1.82) is 0 Å². The molecular weight excluding hydrogens is 374 g/mol. The average molecular weight is 404 g/mol. The number of carbonyl (C=O) groups is 1. The molecule has 0 bridgehead atoms. The standard InChI is InChI=1S/C26H29NO3/c1-20-5-3-7-23(15-20)18-27(14-13-26(28)29)19-24-8-4-6-22(17-24)16-21-9-11-25(30-2)12-10-21/h3-12,15,17H,13-14,16,18-19H2,1-2H3,(H,28,29). The molecule has 156 valence electrons. The van der Waals surface area contributed by atoms with Crippen molar-refractivity contribution in [3.63, 3.8) is 0 Å². The number of hydrogen-bond donors (Lipinski definition) is 1. The number of hydrogen-bond acceptors (Lipinski definition) is 3. The van der Waals surface area contributed by atoms with Gasteiger partial charge in [-0.3, -0.25) is 9.69 Å². The number of benzene rings is 3. The molecule has 0 fully saturated rings. The summed E-state index contributed by atoms with van der Waals surface area (Å²) in [6.07, 6.45) is 0.988. The summed E-state index contributed by atoms with van der Waals surface area (Å²) < 4.78 is 5.23. The Morgan fingerprint density at radius 1 is 0.867 bits per heavy atom. The molecule has 3 aromatic rings. The van der Waals surface area contributed by atoms with Gasteiger partial charge in [-0.25, -0.2) is 0 Å². The minimum Gasteiger partial charge on any atom is -0.497 e. The van der Waals surface area contributed by atoms with E-state index in [-0.39, 0.29) is 6.42 Å². The molecule has 0 atom stereocenters. The van der Waals surface area contributed by atoms with Gasteiger partial charge >= 0.3 is 5.97 Å². The number of carboxylic acids is 1. The lowest BCUT2D eigenvalue weighted by Crippen LogP contribution is -2.25. The molecule has 0 spiro atoms. The fourth-order valence-corrected chi connectivity index (χ4v) is 3.61. The van der Waals surface area contributed by atoms with Crippen molar-refractivity contribution in [1.82, 2.24) is 4.90 Å². The second-order valence-electron chi connectivity index (χ2n) is 7.69. The maximum Gasteiger partial charge on any atom is 0.304 e. The quantitative estimate of drug-likeness (QED) is 0.513. The van der Waals surface area contributed by atoms with Crippen LogP contribution in [0.1, 0.15) is 34.2 Å². The number of methoxy groups -OCH3 is 1. The van der Waals surface area contributed by atoms with Crippen LogP contribution in [0, 0.1) is 6.92 Å². The normalized spacial score (nSPS) is 10.9. The summed E-state index contributed by atoms with van der Waals surface area (Å²) in [5.74, 6) is 0.0928. The number of carboxylic acid groups (broad SMARTS) is 1. The number of aryl methyl sites for hydroxylation is 1. The van der Waals surface area contributed by atoms with Crippen LogP contribution in [0.4, 0.5) is 0 Å². The van der Waals surface area contributed by atoms with Gasteiger partial charge < -0.3 is 9.84 Å². The first-order valence-electron chi connectivity index (χ1n) is 10.2. The number of nitrogens with zero attached hydrogens (tertiary/aromatic N) is 1. The Bertz CT molecular complexity index is 966. The van der Waals surface area contributed by atoms with E-state index < -0.39 is 5.97 Å². The second-order valence-corrected chi connectivity index (χ2v) is 7.69. The van der Waals surface area contributed by atoms with Crippen LogP contribution < -0.4 is 4.74 Å². The zero-order valence-electron chi connectivity index (χ0n) is 17.7. The lowest BCUT2D eigenvalue weighted by Gasteiger charge is -2.22. The smallest absolute Gasteiger partial charge is 0.304 e. The first-order chi connectivity index (χ1) is 14.5. The molecule has 3 aromatic carbocycles. The number of rotatable bonds is 10. The lowest BCUT2D eigenvalue weighted by molar-refractivity contribution is -0.137. The van der Waals surface area contributed by atoms with Gasteiger partial charge in [-0.05, 0) is 47.7 Å². The fraction of sp³-hybridized carbons (Fsp3) is 0.269. The molecule has 30 heavy (non-hydrogen) atoms. The molecule has 4 heteroatoms. The average Bonchev–Trinajstić information content (AvgIpc) is 2.73. The van der Waals surface area contributed by atoms with Gasteiger partial charge in [0.05, 0.1) is 13.5 Å². The highest BCUT2D eigenvalue weighted by molar-refractivity contribution is 5.66. The summed E-state index contributed by atoms with van der Waals surface area (Å²) in [6, 6.07) is 25.1. The summed E-state index contributed by atoms with van der Waals surface area (Å²) in [5.41, 5.74) is 6.09. The van der Waals surface area contributed by atoms with E-state index in [0.717, 1.165) is 25.3 Å². The van der Waals surface area contributed by atoms with Crippen LogP contribution in [0.3, 0.4) is 0 Å². The Labute approximate surface area is 178 Å². The Morgan fingerprint density at radius 3 is 2.13 bits per heavy atom. The van der Waals surface area contributed by atoms with E-state index >= 15 is 0 Å². The van der Waals surface area contributed by atoms with E-state index in [1.807, 2.05) is 12.1 Å². The summed E-state index contributed by atoms with van der Waals surface area (Å²) >= 11 is 0. The van der Waals surface area contributed by atoms with Gasteiger partial charge in [0.1, 0.15) is 5.75 Å².